The Bertz CT molecular complexity index is 588. The first kappa shape index (κ1) is 17.5. The van der Waals surface area contributed by atoms with Crippen LogP contribution in [0.4, 0.5) is 0 Å². The molecular formula is C18H29N. The average Bonchev–Trinajstić information content (AvgIpc) is 2.77. The summed E-state index contributed by atoms with van der Waals surface area (Å²) < 4.78 is 2.26. The monoisotopic (exact) mass is 259 g/mol. The molecule has 1 heterocycles. The molecule has 19 heavy (non-hydrogen) atoms. The lowest BCUT2D eigenvalue weighted by atomic mass is 10.2. The number of aromatic nitrogens is 1. The van der Waals surface area contributed by atoms with Gasteiger partial charge < -0.3 is 4.57 Å². The van der Waals surface area contributed by atoms with Crippen molar-refractivity contribution in [2.45, 2.75) is 48.0 Å². The van der Waals surface area contributed by atoms with Gasteiger partial charge in [-0.3, -0.25) is 0 Å². The van der Waals surface area contributed by atoms with Gasteiger partial charge in [0.05, 0.1) is 0 Å². The van der Waals surface area contributed by atoms with E-state index in [2.05, 4.69) is 61.9 Å². The highest BCUT2D eigenvalue weighted by Crippen LogP contribution is 2.06. The number of hydrogen-bond acceptors (Lipinski definition) is 0. The summed E-state index contributed by atoms with van der Waals surface area (Å²) in [5.41, 5.74) is 1.31. The van der Waals surface area contributed by atoms with Gasteiger partial charge in [-0.25, -0.2) is 0 Å². The van der Waals surface area contributed by atoms with Gasteiger partial charge in [-0.1, -0.05) is 65.0 Å². The standard InChI is InChI=1S/C14H17N.2C2H6/c1-4-8-11-12-9-6-7-10-14(12)15(3)13(11)5-2;2*1-2/h5-10H,4H2,1-3H3;2*1-2H3/b11-8-,13-5+;;. The minimum atomic E-state index is 1.08. The zero-order valence-corrected chi connectivity index (χ0v) is 13.6. The predicted octanol–water partition coefficient (Wildman–Crippen LogP) is 4.22. The minimum absolute atomic E-state index is 1.08. The van der Waals surface area contributed by atoms with Crippen LogP contribution in [-0.2, 0) is 7.05 Å². The van der Waals surface area contributed by atoms with Crippen LogP contribution < -0.4 is 10.6 Å². The maximum atomic E-state index is 2.30. The normalized spacial score (nSPS) is 11.7. The Hall–Kier alpha value is -1.50. The van der Waals surface area contributed by atoms with Gasteiger partial charge in [-0.15, -0.1) is 0 Å². The van der Waals surface area contributed by atoms with Crippen molar-refractivity contribution in [3.8, 4) is 0 Å². The lowest BCUT2D eigenvalue weighted by Gasteiger charge is -1.94. The highest BCUT2D eigenvalue weighted by molar-refractivity contribution is 5.81. The van der Waals surface area contributed by atoms with Crippen LogP contribution in [-0.4, -0.2) is 4.57 Å². The Morgan fingerprint density at radius 2 is 1.63 bits per heavy atom. The van der Waals surface area contributed by atoms with Crippen molar-refractivity contribution < 1.29 is 0 Å². The summed E-state index contributed by atoms with van der Waals surface area (Å²) in [4.78, 5) is 0. The molecule has 1 nitrogen and oxygen atoms in total. The number of fused-ring (bicyclic) bond motifs is 1. The van der Waals surface area contributed by atoms with Crippen LogP contribution in [0.1, 0.15) is 48.0 Å². The van der Waals surface area contributed by atoms with E-state index in [1.807, 2.05) is 27.7 Å². The summed E-state index contributed by atoms with van der Waals surface area (Å²) in [7, 11) is 2.13. The fraction of sp³-hybridized carbons (Fsp3) is 0.444. The summed E-state index contributed by atoms with van der Waals surface area (Å²) in [6.07, 6.45) is 5.56. The summed E-state index contributed by atoms with van der Waals surface area (Å²) in [6, 6.07) is 8.57. The molecule has 0 saturated carbocycles. The van der Waals surface area contributed by atoms with Crippen molar-refractivity contribution in [2.24, 2.45) is 7.05 Å². The van der Waals surface area contributed by atoms with Crippen molar-refractivity contribution in [2.75, 3.05) is 0 Å². The summed E-state index contributed by atoms with van der Waals surface area (Å²) in [6.45, 7) is 12.3. The molecule has 0 aliphatic carbocycles. The largest absolute Gasteiger partial charge is 0.344 e. The third kappa shape index (κ3) is 3.73. The highest BCUT2D eigenvalue weighted by atomic mass is 14.9. The molecule has 0 unspecified atom stereocenters. The zero-order valence-electron chi connectivity index (χ0n) is 13.6. The molecule has 0 amide bonds. The van der Waals surface area contributed by atoms with E-state index in [4.69, 9.17) is 0 Å². The molecule has 0 aliphatic heterocycles. The number of hydrogen-bond donors (Lipinski definition) is 0. The Kier molecular flexibility index (Phi) is 8.69. The van der Waals surface area contributed by atoms with Crippen LogP contribution in [0.15, 0.2) is 24.3 Å². The number of nitrogens with zero attached hydrogens (tertiary/aromatic N) is 1. The summed E-state index contributed by atoms with van der Waals surface area (Å²) in [5, 5.41) is 4.05. The fourth-order valence-corrected chi connectivity index (χ4v) is 2.21. The van der Waals surface area contributed by atoms with Crippen LogP contribution >= 0.6 is 0 Å². The van der Waals surface area contributed by atoms with E-state index in [-0.39, 0.29) is 0 Å². The molecule has 106 valence electrons. The average molecular weight is 259 g/mol. The van der Waals surface area contributed by atoms with Gasteiger partial charge in [0.25, 0.3) is 0 Å². The van der Waals surface area contributed by atoms with Crippen molar-refractivity contribution in [3.63, 3.8) is 0 Å². The van der Waals surface area contributed by atoms with Gasteiger partial charge in [-0.05, 0) is 19.4 Å². The van der Waals surface area contributed by atoms with E-state index in [1.54, 1.807) is 0 Å². The lowest BCUT2D eigenvalue weighted by molar-refractivity contribution is 0.923. The zero-order chi connectivity index (χ0) is 14.8. The van der Waals surface area contributed by atoms with Crippen molar-refractivity contribution >= 4 is 23.1 Å². The van der Waals surface area contributed by atoms with Crippen LogP contribution in [0.25, 0.3) is 23.1 Å². The first-order chi connectivity index (χ1) is 9.29. The van der Waals surface area contributed by atoms with E-state index < -0.39 is 0 Å². The molecule has 0 N–H and O–H groups in total. The third-order valence-corrected chi connectivity index (χ3v) is 2.87. The Balaban J connectivity index is 0.000000741. The van der Waals surface area contributed by atoms with Gasteiger partial charge in [0.15, 0.2) is 0 Å². The highest BCUT2D eigenvalue weighted by Gasteiger charge is 2.01. The van der Waals surface area contributed by atoms with Gasteiger partial charge in [0.1, 0.15) is 0 Å². The Morgan fingerprint density at radius 1 is 1.05 bits per heavy atom. The molecule has 0 saturated heterocycles. The second-order valence-electron chi connectivity index (χ2n) is 3.78. The fourth-order valence-electron chi connectivity index (χ4n) is 2.21. The second kappa shape index (κ2) is 9.43. The first-order valence-corrected chi connectivity index (χ1v) is 7.49. The molecule has 2 aromatic rings. The molecule has 0 bridgehead atoms. The topological polar surface area (TPSA) is 4.93 Å². The molecule has 1 aromatic carbocycles. The van der Waals surface area contributed by atoms with Gasteiger partial charge in [0.2, 0.25) is 0 Å². The number of aryl methyl sites for hydroxylation is 1. The SMILES string of the molecule is C/C=c1\c(=C/CC)c2ccccc2n1C.CC.CC. The number of rotatable bonds is 1. The Labute approximate surface area is 118 Å². The van der Waals surface area contributed by atoms with Crippen molar-refractivity contribution in [1.82, 2.24) is 4.57 Å². The van der Waals surface area contributed by atoms with Crippen LogP contribution in [0.3, 0.4) is 0 Å². The number of benzene rings is 1. The molecule has 0 atom stereocenters. The summed E-state index contributed by atoms with van der Waals surface area (Å²) in [5.74, 6) is 0. The van der Waals surface area contributed by atoms with Gasteiger partial charge in [0, 0.05) is 28.5 Å². The van der Waals surface area contributed by atoms with E-state index >= 15 is 0 Å². The molecule has 2 rings (SSSR count). The first-order valence-electron chi connectivity index (χ1n) is 7.49. The van der Waals surface area contributed by atoms with Crippen molar-refractivity contribution in [3.05, 3.63) is 34.8 Å². The van der Waals surface area contributed by atoms with Crippen LogP contribution in [0.2, 0.25) is 0 Å². The molecule has 1 heteroatoms. The maximum absolute atomic E-state index is 2.30. The van der Waals surface area contributed by atoms with E-state index in [0.29, 0.717) is 0 Å². The second-order valence-corrected chi connectivity index (χ2v) is 3.78. The number of para-hydroxylation sites is 1. The van der Waals surface area contributed by atoms with Crippen molar-refractivity contribution in [1.29, 1.82) is 0 Å². The molecule has 0 aliphatic rings. The van der Waals surface area contributed by atoms with Gasteiger partial charge >= 0.3 is 0 Å². The third-order valence-electron chi connectivity index (χ3n) is 2.87. The molecular weight excluding hydrogens is 230 g/mol. The molecule has 1 aromatic heterocycles. The smallest absolute Gasteiger partial charge is 0.0488 e. The Morgan fingerprint density at radius 3 is 2.16 bits per heavy atom. The maximum Gasteiger partial charge on any atom is 0.0488 e. The van der Waals surface area contributed by atoms with E-state index in [1.165, 1.54) is 21.5 Å². The minimum Gasteiger partial charge on any atom is -0.344 e. The summed E-state index contributed by atoms with van der Waals surface area (Å²) >= 11 is 0. The lowest BCUT2D eigenvalue weighted by Crippen LogP contribution is -2.27. The molecule has 0 fully saturated rings. The van der Waals surface area contributed by atoms with E-state index in [9.17, 15) is 0 Å². The molecule has 0 spiro atoms. The van der Waals surface area contributed by atoms with Crippen LogP contribution in [0, 0.1) is 0 Å². The quantitative estimate of drug-likeness (QED) is 0.722. The van der Waals surface area contributed by atoms with E-state index in [0.717, 1.165) is 6.42 Å². The predicted molar refractivity (Wildman–Crippen MR) is 89.8 cm³/mol. The molecule has 0 radical (unpaired) electrons. The van der Waals surface area contributed by atoms with Gasteiger partial charge in [-0.2, -0.15) is 0 Å². The van der Waals surface area contributed by atoms with Crippen LogP contribution in [0.5, 0.6) is 0 Å².